The maximum atomic E-state index is 3.35. The van der Waals surface area contributed by atoms with E-state index in [-0.39, 0.29) is 0 Å². The molecule has 0 spiro atoms. The van der Waals surface area contributed by atoms with Gasteiger partial charge < -0.3 is 4.90 Å². The van der Waals surface area contributed by atoms with E-state index < -0.39 is 0 Å². The largest absolute Gasteiger partial charge is 0.301 e. The summed E-state index contributed by atoms with van der Waals surface area (Å²) in [6.45, 7) is 6.96. The molecule has 0 aromatic carbocycles. The summed E-state index contributed by atoms with van der Waals surface area (Å²) in [6, 6.07) is 1.63. The van der Waals surface area contributed by atoms with E-state index in [0.29, 0.717) is 0 Å². The maximum Gasteiger partial charge on any atom is 0.0172 e. The fourth-order valence-corrected chi connectivity index (χ4v) is 2.91. The molecule has 1 aliphatic rings. The van der Waals surface area contributed by atoms with Crippen LogP contribution in [0.15, 0.2) is 0 Å². The average Bonchev–Trinajstić information content (AvgIpc) is 2.21. The van der Waals surface area contributed by atoms with Gasteiger partial charge in [-0.2, -0.15) is 0 Å². The van der Waals surface area contributed by atoms with Crippen molar-refractivity contribution in [3.8, 4) is 0 Å². The first-order valence-electron chi connectivity index (χ1n) is 5.42. The Morgan fingerprint density at radius 2 is 1.69 bits per heavy atom. The van der Waals surface area contributed by atoms with Crippen molar-refractivity contribution in [2.75, 3.05) is 13.1 Å². The van der Waals surface area contributed by atoms with Gasteiger partial charge in [-0.05, 0) is 38.8 Å². The number of rotatable bonds is 4. The first kappa shape index (κ1) is 11.7. The second kappa shape index (κ2) is 6.19. The predicted molar refractivity (Wildman–Crippen MR) is 66.1 cm³/mol. The summed E-state index contributed by atoms with van der Waals surface area (Å²) in [5.74, 6) is 0. The zero-order valence-electron chi connectivity index (χ0n) is 8.72. The Morgan fingerprint density at radius 1 is 1.15 bits per heavy atom. The second-order valence-electron chi connectivity index (χ2n) is 3.84. The lowest BCUT2D eigenvalue weighted by molar-refractivity contribution is 0.163. The van der Waals surface area contributed by atoms with Crippen LogP contribution in [-0.4, -0.2) is 30.1 Å². The number of hydrogen-bond donors (Lipinski definition) is 1. The van der Waals surface area contributed by atoms with E-state index in [0.717, 1.165) is 12.1 Å². The second-order valence-corrected chi connectivity index (χ2v) is 4.46. The van der Waals surface area contributed by atoms with Crippen LogP contribution >= 0.6 is 22.9 Å². The van der Waals surface area contributed by atoms with Gasteiger partial charge >= 0.3 is 0 Å². The Bertz CT molecular complexity index is 129. The van der Waals surface area contributed by atoms with Crippen LogP contribution in [0.2, 0.25) is 0 Å². The molecule has 0 unspecified atom stereocenters. The zero-order valence-corrected chi connectivity index (χ0v) is 10.9. The molecule has 1 saturated carbocycles. The van der Waals surface area contributed by atoms with Gasteiger partial charge in [0.1, 0.15) is 0 Å². The summed E-state index contributed by atoms with van der Waals surface area (Å²) in [5.41, 5.74) is 0. The van der Waals surface area contributed by atoms with Crippen molar-refractivity contribution in [3.63, 3.8) is 0 Å². The molecule has 0 heterocycles. The molecular formula is C10H21IN2. The third-order valence-corrected chi connectivity index (χ3v) is 4.06. The van der Waals surface area contributed by atoms with Gasteiger partial charge in [-0.25, -0.2) is 0 Å². The molecule has 13 heavy (non-hydrogen) atoms. The monoisotopic (exact) mass is 296 g/mol. The highest BCUT2D eigenvalue weighted by Crippen LogP contribution is 2.23. The number of halogens is 1. The summed E-state index contributed by atoms with van der Waals surface area (Å²) < 4.78 is 3.35. The first-order chi connectivity index (χ1) is 6.31. The lowest BCUT2D eigenvalue weighted by atomic mass is 9.91. The number of nitrogens with one attached hydrogen (secondary N) is 1. The molecule has 0 bridgehead atoms. The van der Waals surface area contributed by atoms with Crippen molar-refractivity contribution in [2.45, 2.75) is 51.6 Å². The molecule has 0 amide bonds. The smallest absolute Gasteiger partial charge is 0.0172 e. The molecule has 2 nitrogen and oxygen atoms in total. The predicted octanol–water partition coefficient (Wildman–Crippen LogP) is 2.58. The van der Waals surface area contributed by atoms with Crippen LogP contribution in [0.1, 0.15) is 39.5 Å². The molecule has 0 saturated heterocycles. The lowest BCUT2D eigenvalue weighted by Crippen LogP contribution is -2.40. The zero-order chi connectivity index (χ0) is 9.68. The Labute approximate surface area is 95.9 Å². The minimum atomic E-state index is 0.771. The summed E-state index contributed by atoms with van der Waals surface area (Å²) in [5, 5.41) is 0. The van der Waals surface area contributed by atoms with Crippen LogP contribution in [0.5, 0.6) is 0 Å². The van der Waals surface area contributed by atoms with Gasteiger partial charge in [0.25, 0.3) is 0 Å². The third kappa shape index (κ3) is 3.36. The molecule has 0 radical (unpaired) electrons. The van der Waals surface area contributed by atoms with Crippen molar-refractivity contribution in [1.82, 2.24) is 8.43 Å². The highest BCUT2D eigenvalue weighted by Gasteiger charge is 2.23. The maximum absolute atomic E-state index is 3.35. The summed E-state index contributed by atoms with van der Waals surface area (Å²) in [7, 11) is 0. The molecule has 3 heteroatoms. The Hall–Kier alpha value is 0.650. The van der Waals surface area contributed by atoms with Crippen molar-refractivity contribution in [3.05, 3.63) is 0 Å². The average molecular weight is 296 g/mol. The Kier molecular flexibility index (Phi) is 5.58. The summed E-state index contributed by atoms with van der Waals surface area (Å²) in [6.07, 6.45) is 5.46. The standard InChI is InChI=1S/C10H21IN2/c1-3-13(4-2)10-7-5-9(12-11)6-8-10/h9-10,12H,3-8H2,1-2H3. The van der Waals surface area contributed by atoms with Crippen molar-refractivity contribution in [2.24, 2.45) is 0 Å². The van der Waals surface area contributed by atoms with E-state index >= 15 is 0 Å². The molecule has 0 aromatic rings. The molecule has 0 aliphatic heterocycles. The third-order valence-electron chi connectivity index (χ3n) is 3.18. The van der Waals surface area contributed by atoms with Crippen LogP contribution < -0.4 is 3.53 Å². The van der Waals surface area contributed by atoms with Crippen LogP contribution in [-0.2, 0) is 0 Å². The minimum Gasteiger partial charge on any atom is -0.301 e. The van der Waals surface area contributed by atoms with Crippen LogP contribution in [0, 0.1) is 0 Å². The topological polar surface area (TPSA) is 15.3 Å². The first-order valence-corrected chi connectivity index (χ1v) is 6.49. The van der Waals surface area contributed by atoms with Crippen LogP contribution in [0.3, 0.4) is 0 Å². The van der Waals surface area contributed by atoms with E-state index in [2.05, 4.69) is 45.1 Å². The van der Waals surface area contributed by atoms with Gasteiger partial charge in [-0.15, -0.1) is 0 Å². The molecular weight excluding hydrogens is 275 g/mol. The molecule has 1 fully saturated rings. The van der Waals surface area contributed by atoms with Gasteiger partial charge in [-0.1, -0.05) is 13.8 Å². The molecule has 0 aromatic heterocycles. The van der Waals surface area contributed by atoms with Crippen molar-refractivity contribution in [1.29, 1.82) is 0 Å². The fraction of sp³-hybridized carbons (Fsp3) is 1.00. The van der Waals surface area contributed by atoms with E-state index in [4.69, 9.17) is 0 Å². The normalized spacial score (nSPS) is 29.5. The minimum absolute atomic E-state index is 0.771. The highest BCUT2D eigenvalue weighted by molar-refractivity contribution is 14.1. The SMILES string of the molecule is CCN(CC)C1CCC(NI)CC1. The van der Waals surface area contributed by atoms with E-state index in [1.165, 1.54) is 38.8 Å². The van der Waals surface area contributed by atoms with Gasteiger partial charge in [0.2, 0.25) is 0 Å². The van der Waals surface area contributed by atoms with E-state index in [9.17, 15) is 0 Å². The van der Waals surface area contributed by atoms with E-state index in [1.807, 2.05) is 0 Å². The number of hydrogen-bond acceptors (Lipinski definition) is 2. The Balaban J connectivity index is 2.30. The molecule has 78 valence electrons. The highest BCUT2D eigenvalue weighted by atomic mass is 127. The lowest BCUT2D eigenvalue weighted by Gasteiger charge is -2.35. The van der Waals surface area contributed by atoms with Crippen molar-refractivity contribution < 1.29 is 0 Å². The summed E-state index contributed by atoms with van der Waals surface area (Å²) >= 11 is 2.29. The Morgan fingerprint density at radius 3 is 2.08 bits per heavy atom. The van der Waals surface area contributed by atoms with Crippen LogP contribution in [0.4, 0.5) is 0 Å². The molecule has 0 atom stereocenters. The van der Waals surface area contributed by atoms with Gasteiger partial charge in [0, 0.05) is 34.9 Å². The van der Waals surface area contributed by atoms with Crippen molar-refractivity contribution >= 4 is 22.9 Å². The quantitative estimate of drug-likeness (QED) is 0.633. The fourth-order valence-electron chi connectivity index (χ4n) is 2.29. The summed E-state index contributed by atoms with van der Waals surface area (Å²) in [4.78, 5) is 2.60. The van der Waals surface area contributed by atoms with Crippen LogP contribution in [0.25, 0.3) is 0 Å². The van der Waals surface area contributed by atoms with E-state index in [1.54, 1.807) is 0 Å². The van der Waals surface area contributed by atoms with Gasteiger partial charge in [0.15, 0.2) is 0 Å². The van der Waals surface area contributed by atoms with Gasteiger partial charge in [-0.3, -0.25) is 3.53 Å². The van der Waals surface area contributed by atoms with Gasteiger partial charge in [0.05, 0.1) is 0 Å². The molecule has 1 N–H and O–H groups in total. The molecule has 1 aliphatic carbocycles. The molecule has 1 rings (SSSR count). The number of nitrogens with zero attached hydrogens (tertiary/aromatic N) is 1.